The summed E-state index contributed by atoms with van der Waals surface area (Å²) < 4.78 is 0.408. The van der Waals surface area contributed by atoms with Gasteiger partial charge in [-0.2, -0.15) is 0 Å². The number of anilines is 1. The Kier molecular flexibility index (Phi) is 6.15. The van der Waals surface area contributed by atoms with Crippen molar-refractivity contribution in [3.8, 4) is 5.75 Å². The number of halogens is 1. The van der Waals surface area contributed by atoms with Crippen molar-refractivity contribution < 1.29 is 14.7 Å². The van der Waals surface area contributed by atoms with Gasteiger partial charge in [-0.15, -0.1) is 0 Å². The first-order chi connectivity index (χ1) is 12.9. The number of benzene rings is 2. The minimum absolute atomic E-state index is 0.120. The van der Waals surface area contributed by atoms with Gasteiger partial charge in [0.1, 0.15) is 10.1 Å². The number of aromatic hydroxyl groups is 1. The summed E-state index contributed by atoms with van der Waals surface area (Å²) in [7, 11) is 0. The summed E-state index contributed by atoms with van der Waals surface area (Å²) in [6.07, 6.45) is 1.79. The minimum Gasteiger partial charge on any atom is -0.508 e. The Morgan fingerprint density at radius 1 is 1.26 bits per heavy atom. The van der Waals surface area contributed by atoms with Crippen molar-refractivity contribution in [3.05, 3.63) is 64.0 Å². The molecule has 0 saturated carbocycles. The molecule has 1 fully saturated rings. The number of nitrogens with zero attached hydrogens (tertiary/aromatic N) is 1. The molecular formula is C19H15ClN2O3S2. The van der Waals surface area contributed by atoms with Crippen LogP contribution in [-0.2, 0) is 9.59 Å². The maximum absolute atomic E-state index is 12.6. The van der Waals surface area contributed by atoms with Gasteiger partial charge in [-0.1, -0.05) is 47.7 Å². The van der Waals surface area contributed by atoms with Gasteiger partial charge in [0, 0.05) is 23.7 Å². The van der Waals surface area contributed by atoms with E-state index in [9.17, 15) is 14.7 Å². The zero-order valence-electron chi connectivity index (χ0n) is 14.0. The third-order valence-corrected chi connectivity index (χ3v) is 5.36. The maximum atomic E-state index is 12.6. The summed E-state index contributed by atoms with van der Waals surface area (Å²) >= 11 is 12.3. The number of hydrogen-bond donors (Lipinski definition) is 2. The molecular weight excluding hydrogens is 404 g/mol. The fourth-order valence-corrected chi connectivity index (χ4v) is 3.86. The zero-order valence-corrected chi connectivity index (χ0v) is 16.4. The highest BCUT2D eigenvalue weighted by molar-refractivity contribution is 8.26. The quantitative estimate of drug-likeness (QED) is 0.560. The largest absolute Gasteiger partial charge is 0.508 e. The molecule has 2 amide bonds. The second-order valence-corrected chi connectivity index (χ2v) is 7.85. The van der Waals surface area contributed by atoms with Crippen LogP contribution in [-0.4, -0.2) is 32.7 Å². The molecule has 3 rings (SSSR count). The van der Waals surface area contributed by atoms with Crippen LogP contribution in [0.1, 0.15) is 12.0 Å². The topological polar surface area (TPSA) is 69.6 Å². The summed E-state index contributed by atoms with van der Waals surface area (Å²) in [5.41, 5.74) is 1.34. The first-order valence-corrected chi connectivity index (χ1v) is 9.62. The minimum atomic E-state index is -0.243. The van der Waals surface area contributed by atoms with Crippen LogP contribution in [0.15, 0.2) is 53.4 Å². The molecule has 0 aromatic heterocycles. The Balaban J connectivity index is 1.60. The predicted octanol–water partition coefficient (Wildman–Crippen LogP) is 4.28. The normalized spacial score (nSPS) is 15.4. The Labute approximate surface area is 171 Å². The van der Waals surface area contributed by atoms with Crippen LogP contribution in [0.5, 0.6) is 5.75 Å². The lowest BCUT2D eigenvalue weighted by Crippen LogP contribution is -2.31. The fourth-order valence-electron chi connectivity index (χ4n) is 2.43. The number of nitrogens with one attached hydrogen (secondary N) is 1. The van der Waals surface area contributed by atoms with Crippen molar-refractivity contribution in [3.63, 3.8) is 0 Å². The molecule has 1 heterocycles. The number of hydrogen-bond acceptors (Lipinski definition) is 5. The number of rotatable bonds is 5. The Morgan fingerprint density at radius 2 is 2.00 bits per heavy atom. The Hall–Kier alpha value is -2.35. The summed E-state index contributed by atoms with van der Waals surface area (Å²) in [6.45, 7) is 0.196. The third-order valence-electron chi connectivity index (χ3n) is 3.73. The molecule has 2 aromatic rings. The molecule has 0 atom stereocenters. The Bertz CT molecular complexity index is 929. The van der Waals surface area contributed by atoms with E-state index in [1.165, 1.54) is 16.7 Å². The van der Waals surface area contributed by atoms with E-state index in [0.717, 1.165) is 0 Å². The van der Waals surface area contributed by atoms with Crippen molar-refractivity contribution in [2.75, 3.05) is 11.9 Å². The summed E-state index contributed by atoms with van der Waals surface area (Å²) in [4.78, 5) is 26.5. The van der Waals surface area contributed by atoms with Crippen LogP contribution in [0.2, 0.25) is 5.02 Å². The van der Waals surface area contributed by atoms with E-state index in [1.807, 2.05) is 0 Å². The lowest BCUT2D eigenvalue weighted by molar-refractivity contribution is -0.122. The third kappa shape index (κ3) is 5.09. The molecule has 0 unspecified atom stereocenters. The molecule has 0 spiro atoms. The van der Waals surface area contributed by atoms with E-state index in [4.69, 9.17) is 23.8 Å². The molecule has 1 saturated heterocycles. The fraction of sp³-hybridized carbons (Fsp3) is 0.105. The van der Waals surface area contributed by atoms with Gasteiger partial charge in [0.2, 0.25) is 5.91 Å². The number of amides is 2. The maximum Gasteiger partial charge on any atom is 0.266 e. The molecule has 2 N–H and O–H groups in total. The van der Waals surface area contributed by atoms with Crippen molar-refractivity contribution in [2.45, 2.75) is 6.42 Å². The summed E-state index contributed by atoms with van der Waals surface area (Å²) in [5, 5.41) is 12.9. The van der Waals surface area contributed by atoms with E-state index < -0.39 is 0 Å². The molecule has 1 aliphatic rings. The van der Waals surface area contributed by atoms with Gasteiger partial charge in [-0.3, -0.25) is 14.5 Å². The number of thioether (sulfide) groups is 1. The molecule has 2 aromatic carbocycles. The number of phenolic OH excluding ortho intramolecular Hbond substituents is 1. The van der Waals surface area contributed by atoms with Gasteiger partial charge >= 0.3 is 0 Å². The number of carbonyl (C=O) groups is 2. The average Bonchev–Trinajstić information content (AvgIpc) is 2.88. The summed E-state index contributed by atoms with van der Waals surface area (Å²) in [5.74, 6) is -0.339. The molecule has 0 radical (unpaired) electrons. The lowest BCUT2D eigenvalue weighted by atomic mass is 10.2. The summed E-state index contributed by atoms with van der Waals surface area (Å²) in [6, 6.07) is 13.4. The van der Waals surface area contributed by atoms with Crippen LogP contribution >= 0.6 is 35.6 Å². The van der Waals surface area contributed by atoms with Gasteiger partial charge < -0.3 is 10.4 Å². The van der Waals surface area contributed by atoms with Gasteiger partial charge in [-0.05, 0) is 48.0 Å². The molecule has 0 bridgehead atoms. The monoisotopic (exact) mass is 418 g/mol. The molecule has 1 aliphatic heterocycles. The average molecular weight is 419 g/mol. The van der Waals surface area contributed by atoms with E-state index in [-0.39, 0.29) is 30.5 Å². The van der Waals surface area contributed by atoms with Crippen molar-refractivity contribution >= 4 is 63.5 Å². The zero-order chi connectivity index (χ0) is 19.4. The van der Waals surface area contributed by atoms with Crippen LogP contribution in [0.3, 0.4) is 0 Å². The molecule has 27 heavy (non-hydrogen) atoms. The smallest absolute Gasteiger partial charge is 0.266 e. The van der Waals surface area contributed by atoms with Crippen LogP contribution in [0.4, 0.5) is 5.69 Å². The lowest BCUT2D eigenvalue weighted by Gasteiger charge is -2.14. The highest BCUT2D eigenvalue weighted by Crippen LogP contribution is 2.33. The van der Waals surface area contributed by atoms with Crippen LogP contribution in [0, 0.1) is 0 Å². The van der Waals surface area contributed by atoms with Crippen LogP contribution in [0.25, 0.3) is 6.08 Å². The first-order valence-electron chi connectivity index (χ1n) is 8.02. The highest BCUT2D eigenvalue weighted by Gasteiger charge is 2.32. The van der Waals surface area contributed by atoms with Crippen molar-refractivity contribution in [2.24, 2.45) is 0 Å². The standard InChI is InChI=1S/C19H15ClN2O3S2/c20-13-4-6-14(7-5-13)21-17(24)8-9-22-18(25)16(27-19(22)26)11-12-2-1-3-15(23)10-12/h1-7,10-11,23H,8-9H2,(H,21,24)/b16-11-. The second kappa shape index (κ2) is 8.56. The number of carbonyl (C=O) groups excluding carboxylic acids is 2. The van der Waals surface area contributed by atoms with E-state index in [0.29, 0.717) is 25.5 Å². The highest BCUT2D eigenvalue weighted by atomic mass is 35.5. The molecule has 5 nitrogen and oxygen atoms in total. The molecule has 138 valence electrons. The first kappa shape index (κ1) is 19.4. The van der Waals surface area contributed by atoms with Gasteiger partial charge in [-0.25, -0.2) is 0 Å². The van der Waals surface area contributed by atoms with Gasteiger partial charge in [0.15, 0.2) is 0 Å². The number of phenols is 1. The van der Waals surface area contributed by atoms with Gasteiger partial charge in [0.05, 0.1) is 4.91 Å². The van der Waals surface area contributed by atoms with E-state index in [1.54, 1.807) is 54.6 Å². The predicted molar refractivity (Wildman–Crippen MR) is 113 cm³/mol. The Morgan fingerprint density at radius 3 is 2.70 bits per heavy atom. The second-order valence-electron chi connectivity index (χ2n) is 5.73. The molecule has 0 aliphatic carbocycles. The van der Waals surface area contributed by atoms with E-state index >= 15 is 0 Å². The number of thiocarbonyl (C=S) groups is 1. The van der Waals surface area contributed by atoms with Crippen molar-refractivity contribution in [1.29, 1.82) is 0 Å². The van der Waals surface area contributed by atoms with Crippen LogP contribution < -0.4 is 5.32 Å². The van der Waals surface area contributed by atoms with Gasteiger partial charge in [0.25, 0.3) is 5.91 Å². The molecule has 8 heteroatoms. The SMILES string of the molecule is O=C(CCN1C(=O)/C(=C/c2cccc(O)c2)SC1=S)Nc1ccc(Cl)cc1. The van der Waals surface area contributed by atoms with E-state index in [2.05, 4.69) is 5.32 Å². The van der Waals surface area contributed by atoms with Crippen molar-refractivity contribution in [1.82, 2.24) is 4.90 Å².